The highest BCUT2D eigenvalue weighted by molar-refractivity contribution is 7.00. The molecule has 0 saturated heterocycles. The Morgan fingerprint density at radius 1 is 0.267 bits per heavy atom. The van der Waals surface area contributed by atoms with Crippen molar-refractivity contribution in [2.24, 2.45) is 0 Å². The van der Waals surface area contributed by atoms with Crippen LogP contribution in [0.2, 0.25) is 0 Å². The molecule has 116 heavy (non-hydrogen) atoms. The predicted octanol–water partition coefficient (Wildman–Crippen LogP) is 27.7. The molecule has 0 atom stereocenters. The molecule has 2 aliphatic heterocycles. The number of anilines is 6. The molecule has 0 spiro atoms. The Morgan fingerprint density at radius 3 is 1.21 bits per heavy atom. The summed E-state index contributed by atoms with van der Waals surface area (Å²) in [4.78, 5) is 4.78. The van der Waals surface area contributed by atoms with Gasteiger partial charge in [-0.1, -0.05) is 300 Å². The molecule has 0 saturated carbocycles. The molecule has 570 valence electrons. The average Bonchev–Trinajstić information content (AvgIpc) is 0.707. The molecular weight excluding hydrogens is 1400 g/mol. The topological polar surface area (TPSA) is 45.1 Å². The van der Waals surface area contributed by atoms with Crippen LogP contribution >= 0.6 is 0 Å². The number of nitriles is 1. The van der Waals surface area contributed by atoms with E-state index >= 15 is 0 Å². The first-order valence-corrected chi connectivity index (χ1v) is 40.8. The summed E-state index contributed by atoms with van der Waals surface area (Å²) in [7, 11) is 0. The summed E-state index contributed by atoms with van der Waals surface area (Å²) < 4.78 is 82.5. The van der Waals surface area contributed by atoms with E-state index in [-0.39, 0.29) is 54.3 Å². The van der Waals surface area contributed by atoms with Crippen molar-refractivity contribution in [1.29, 1.82) is 5.26 Å². The molecule has 19 rings (SSSR count). The first-order valence-electron chi connectivity index (χ1n) is 44.8. The fourth-order valence-corrected chi connectivity index (χ4v) is 18.1. The van der Waals surface area contributed by atoms with E-state index in [1.807, 2.05) is 42.5 Å². The van der Waals surface area contributed by atoms with E-state index in [0.29, 0.717) is 28.3 Å². The van der Waals surface area contributed by atoms with Crippen LogP contribution in [0.1, 0.15) is 175 Å². The number of fused-ring (bicyclic) bond motifs is 13. The highest BCUT2D eigenvalue weighted by atomic mass is 15.2. The molecule has 0 radical (unpaired) electrons. The van der Waals surface area contributed by atoms with Crippen LogP contribution in [0.15, 0.2) is 285 Å². The Bertz CT molecular complexity index is 7230. The quantitative estimate of drug-likeness (QED) is 0.142. The summed E-state index contributed by atoms with van der Waals surface area (Å²) in [5.74, 6) is 0. The number of nitrogens with zero attached hydrogens (tertiary/aromatic N) is 6. The van der Waals surface area contributed by atoms with Gasteiger partial charge in [0.15, 0.2) is 0 Å². The highest BCUT2D eigenvalue weighted by Crippen LogP contribution is 2.52. The molecule has 0 aliphatic carbocycles. The van der Waals surface area contributed by atoms with E-state index in [4.69, 9.17) is 2.74 Å². The molecule has 5 heterocycles. The van der Waals surface area contributed by atoms with Crippen molar-refractivity contribution in [3.05, 3.63) is 324 Å². The van der Waals surface area contributed by atoms with Gasteiger partial charge in [0.1, 0.15) is 11.6 Å². The third-order valence-electron chi connectivity index (χ3n) is 24.6. The molecule has 0 fully saturated rings. The largest absolute Gasteiger partial charge is 0.311 e. The lowest BCUT2D eigenvalue weighted by molar-refractivity contribution is 0.568. The van der Waals surface area contributed by atoms with Gasteiger partial charge >= 0.3 is 0 Å². The van der Waals surface area contributed by atoms with Crippen molar-refractivity contribution in [3.8, 4) is 56.5 Å². The van der Waals surface area contributed by atoms with Crippen LogP contribution in [-0.4, -0.2) is 20.4 Å². The molecular formula is C109H101BN6. The Labute approximate surface area is 695 Å². The van der Waals surface area contributed by atoms with Gasteiger partial charge in [-0.25, -0.2) is 0 Å². The zero-order chi connectivity index (χ0) is 87.7. The maximum Gasteiger partial charge on any atom is 0.252 e. The predicted molar refractivity (Wildman–Crippen MR) is 497 cm³/mol. The van der Waals surface area contributed by atoms with E-state index in [2.05, 4.69) is 344 Å². The summed E-state index contributed by atoms with van der Waals surface area (Å²) in [6.45, 7) is 40.5. The fraction of sp³-hybridized carbons (Fsp3) is 0.220. The van der Waals surface area contributed by atoms with Crippen LogP contribution in [-0.2, 0) is 32.5 Å². The SMILES string of the molecule is [2H]c1c([2H])c([2H])c2c(c1[2H])c1c([2H])c([2H])c([2H])c([2H])c1n2-c1ccc2c(c1)N(c1cccc(-n3c4ccccc4c4ccccc43)c1C#N)c1cc(-n3c4ccc(C(C)(C)C)cc4c4cc(C(C)(C)C)ccc43)cc3c1B2c1ccc(-c2cc(C(C)(C)C)cc(C(C)(C)C)c2)cc1N3c1cc(-c2ccccc2)cc(-c2cc(C(C)(C)C)cc(C(C)(C)C)c2)c1. The maximum atomic E-state index is 12.8. The molecule has 2 aliphatic rings. The first kappa shape index (κ1) is 65.0. The van der Waals surface area contributed by atoms with E-state index in [1.165, 1.54) is 33.4 Å². The van der Waals surface area contributed by atoms with Crippen molar-refractivity contribution in [2.45, 2.75) is 157 Å². The number of benzene rings is 14. The summed E-state index contributed by atoms with van der Waals surface area (Å²) >= 11 is 0. The van der Waals surface area contributed by atoms with E-state index in [0.717, 1.165) is 122 Å². The van der Waals surface area contributed by atoms with Gasteiger partial charge in [-0.15, -0.1) is 0 Å². The Morgan fingerprint density at radius 2 is 0.690 bits per heavy atom. The van der Waals surface area contributed by atoms with Gasteiger partial charge < -0.3 is 23.5 Å². The third kappa shape index (κ3) is 12.1. The second-order valence-corrected chi connectivity index (χ2v) is 38.5. The molecule has 14 aromatic carbocycles. The highest BCUT2D eigenvalue weighted by Gasteiger charge is 2.46. The fourth-order valence-electron chi connectivity index (χ4n) is 18.1. The van der Waals surface area contributed by atoms with Crippen LogP contribution in [0.4, 0.5) is 34.1 Å². The molecule has 0 bridgehead atoms. The smallest absolute Gasteiger partial charge is 0.252 e. The average molecular weight is 1510 g/mol. The van der Waals surface area contributed by atoms with Gasteiger partial charge in [0.25, 0.3) is 6.71 Å². The molecule has 7 heteroatoms. The molecule has 17 aromatic rings. The molecule has 6 nitrogen and oxygen atoms in total. The number of para-hydroxylation sites is 4. The lowest BCUT2D eigenvalue weighted by Gasteiger charge is -2.45. The molecule has 0 amide bonds. The second kappa shape index (κ2) is 26.3. The zero-order valence-electron chi connectivity index (χ0n) is 77.8. The van der Waals surface area contributed by atoms with Crippen LogP contribution in [0, 0.1) is 11.3 Å². The Balaban J connectivity index is 1.02. The maximum absolute atomic E-state index is 12.8. The lowest BCUT2D eigenvalue weighted by atomic mass is 9.33. The van der Waals surface area contributed by atoms with Crippen molar-refractivity contribution in [3.63, 3.8) is 0 Å². The first-order chi connectivity index (χ1) is 58.6. The molecule has 3 aromatic heterocycles. The van der Waals surface area contributed by atoms with Crippen LogP contribution in [0.3, 0.4) is 0 Å². The monoisotopic (exact) mass is 1510 g/mol. The van der Waals surface area contributed by atoms with E-state index < -0.39 is 55.1 Å². The van der Waals surface area contributed by atoms with Crippen molar-refractivity contribution in [2.75, 3.05) is 9.80 Å². The number of hydrogen-bond acceptors (Lipinski definition) is 3. The van der Waals surface area contributed by atoms with Crippen LogP contribution in [0.25, 0.3) is 116 Å². The van der Waals surface area contributed by atoms with Crippen molar-refractivity contribution >= 4 is 123 Å². The van der Waals surface area contributed by atoms with Gasteiger partial charge in [0.05, 0.1) is 61.1 Å². The minimum atomic E-state index is -0.596. The van der Waals surface area contributed by atoms with Gasteiger partial charge in [-0.3, -0.25) is 0 Å². The summed E-state index contributed by atoms with van der Waals surface area (Å²) in [5.41, 5.74) is 25.8. The van der Waals surface area contributed by atoms with Gasteiger partial charge in [0.2, 0.25) is 0 Å². The van der Waals surface area contributed by atoms with Crippen LogP contribution < -0.4 is 26.2 Å². The summed E-state index contributed by atoms with van der Waals surface area (Å²) in [5, 5.41) is 17.0. The second-order valence-electron chi connectivity index (χ2n) is 38.5. The van der Waals surface area contributed by atoms with Gasteiger partial charge in [-0.2, -0.15) is 5.26 Å². The summed E-state index contributed by atoms with van der Waals surface area (Å²) in [6, 6.07) is 85.8. The van der Waals surface area contributed by atoms with Gasteiger partial charge in [0, 0.05) is 66.4 Å². The number of rotatable bonds is 8. The minimum Gasteiger partial charge on any atom is -0.311 e. The van der Waals surface area contributed by atoms with E-state index in [1.54, 1.807) is 4.57 Å². The molecule has 0 unspecified atom stereocenters. The van der Waals surface area contributed by atoms with Gasteiger partial charge in [-0.05, 0) is 225 Å². The Hall–Kier alpha value is -12.4. The third-order valence-corrected chi connectivity index (χ3v) is 24.6. The zero-order valence-corrected chi connectivity index (χ0v) is 69.8. The minimum absolute atomic E-state index is 0.00449. The number of aromatic nitrogens is 3. The van der Waals surface area contributed by atoms with Crippen molar-refractivity contribution in [1.82, 2.24) is 13.7 Å². The lowest BCUT2D eigenvalue weighted by Crippen LogP contribution is -2.61. The Kier molecular flexibility index (Phi) is 14.7. The molecule has 0 N–H and O–H groups in total. The summed E-state index contributed by atoms with van der Waals surface area (Å²) in [6.07, 6.45) is 0. The van der Waals surface area contributed by atoms with Crippen molar-refractivity contribution < 1.29 is 11.0 Å². The van der Waals surface area contributed by atoms with E-state index in [9.17, 15) is 13.5 Å². The normalized spacial score (nSPS) is 14.3. The standard InChI is InChI=1S/C109H101BN6/c1-104(2,3)73-44-49-97-86(61-73)87-62-74(105(4,5)6)45-50-98(87)113(97)81-64-101-103-102(65-81)116(96-42-30-41-95(88(96)66-111)115-93-39-28-24-35-84(93)85-36-25-29-40-94(85)115)100-63-79(112-91-37-26-22-33-82(91)83-34-23-27-38-92(83)112)46-48-90(100)110(103)89-47-43-68(71-52-75(106(7,8)9)59-76(53-71)107(10,11)12)58-99(89)114(101)80-56-69(67-31-20-19-21-32-67)51-70(57-80)72-54-77(108(13,14)15)60-78(55-72)109(16,17)18/h19-65H,1-18H3/i22D,23D,26D,27D,33D,34D,37D,38D. The number of hydrogen-bond donors (Lipinski definition) is 0. The van der Waals surface area contributed by atoms with Crippen LogP contribution in [0.5, 0.6) is 0 Å².